The van der Waals surface area contributed by atoms with Crippen molar-refractivity contribution in [1.82, 2.24) is 0 Å². The summed E-state index contributed by atoms with van der Waals surface area (Å²) in [6.07, 6.45) is 9.67. The van der Waals surface area contributed by atoms with Crippen LogP contribution in [-0.2, 0) is 16.1 Å². The fraction of sp³-hybridized carbons (Fsp3) is 0.545. The number of aliphatic hydroxyl groups is 1. The van der Waals surface area contributed by atoms with Gasteiger partial charge in [-0.15, -0.1) is 0 Å². The predicted octanol–water partition coefficient (Wildman–Crippen LogP) is 8.40. The summed E-state index contributed by atoms with van der Waals surface area (Å²) < 4.78 is 36.5. The molecule has 1 saturated carbocycles. The van der Waals surface area contributed by atoms with Gasteiger partial charge in [-0.05, 0) is 73.6 Å². The molecule has 0 spiro atoms. The Morgan fingerprint density at radius 1 is 1.05 bits per heavy atom. The second-order valence-electron chi connectivity index (χ2n) is 12.0. The van der Waals surface area contributed by atoms with Crippen molar-refractivity contribution in [2.45, 2.75) is 103 Å². The van der Waals surface area contributed by atoms with Crippen molar-refractivity contribution in [3.8, 4) is 11.1 Å². The largest absolute Gasteiger partial charge is 0.457 e. The Labute approximate surface area is 234 Å². The van der Waals surface area contributed by atoms with Crippen LogP contribution in [0.2, 0.25) is 19.1 Å². The fourth-order valence-electron chi connectivity index (χ4n) is 6.01. The number of unbranched alkanes of at least 4 members (excludes halogenated alkanes) is 2. The Morgan fingerprint density at radius 2 is 1.77 bits per heavy atom. The molecule has 3 rings (SSSR count). The van der Waals surface area contributed by atoms with Crippen LogP contribution in [0, 0.1) is 17.6 Å². The summed E-state index contributed by atoms with van der Waals surface area (Å²) in [5, 5.41) is 10.5. The minimum atomic E-state index is -1.98. The van der Waals surface area contributed by atoms with Gasteiger partial charge in [0.15, 0.2) is 11.6 Å². The summed E-state index contributed by atoms with van der Waals surface area (Å²) in [7, 11) is -1.98. The van der Waals surface area contributed by atoms with E-state index in [1.807, 2.05) is 18.2 Å². The van der Waals surface area contributed by atoms with Crippen LogP contribution in [0.25, 0.3) is 11.1 Å². The van der Waals surface area contributed by atoms with E-state index in [1.165, 1.54) is 25.7 Å². The predicted molar refractivity (Wildman–Crippen MR) is 159 cm³/mol. The van der Waals surface area contributed by atoms with Crippen molar-refractivity contribution >= 4 is 19.2 Å². The number of benzene rings is 2. The summed E-state index contributed by atoms with van der Waals surface area (Å²) in [5.74, 6) is -1.26. The molecule has 2 aromatic carbocycles. The molecule has 0 radical (unpaired) electrons. The lowest BCUT2D eigenvalue weighted by atomic mass is 9.76. The Hall–Kier alpha value is -2.31. The van der Waals surface area contributed by atoms with Crippen molar-refractivity contribution in [2.75, 3.05) is 6.61 Å². The first-order valence-electron chi connectivity index (χ1n) is 14.6. The second kappa shape index (κ2) is 14.4. The molecule has 0 heterocycles. The molecular formula is C33H46F2O3Si. The highest BCUT2D eigenvalue weighted by Crippen LogP contribution is 2.40. The van der Waals surface area contributed by atoms with Gasteiger partial charge in [-0.2, -0.15) is 0 Å². The number of hydrogen-bond donors (Lipinski definition) is 1. The van der Waals surface area contributed by atoms with Crippen LogP contribution in [0.15, 0.2) is 42.5 Å². The molecule has 0 atom stereocenters. The van der Waals surface area contributed by atoms with E-state index < -0.39 is 25.7 Å². The van der Waals surface area contributed by atoms with Crippen LogP contribution in [0.4, 0.5) is 8.78 Å². The van der Waals surface area contributed by atoms with E-state index in [4.69, 9.17) is 4.74 Å². The second-order valence-corrected chi connectivity index (χ2v) is 16.8. The van der Waals surface area contributed by atoms with Crippen LogP contribution < -0.4 is 5.19 Å². The molecule has 214 valence electrons. The summed E-state index contributed by atoms with van der Waals surface area (Å²) in [6, 6.07) is 9.97. The Balaban J connectivity index is 1.86. The zero-order chi connectivity index (χ0) is 28.6. The van der Waals surface area contributed by atoms with E-state index in [2.05, 4.69) is 26.6 Å². The van der Waals surface area contributed by atoms with E-state index in [9.17, 15) is 9.90 Å². The van der Waals surface area contributed by atoms with Crippen LogP contribution in [0.5, 0.6) is 0 Å². The summed E-state index contributed by atoms with van der Waals surface area (Å²) >= 11 is 0. The monoisotopic (exact) mass is 556 g/mol. The molecule has 1 N–H and O–H groups in total. The topological polar surface area (TPSA) is 46.5 Å². The van der Waals surface area contributed by atoms with Crippen molar-refractivity contribution in [3.63, 3.8) is 0 Å². The number of esters is 1. The molecular weight excluding hydrogens is 510 g/mol. The molecule has 0 bridgehead atoms. The minimum Gasteiger partial charge on any atom is -0.457 e. The average molecular weight is 557 g/mol. The van der Waals surface area contributed by atoms with Crippen molar-refractivity contribution in [2.24, 2.45) is 5.92 Å². The van der Waals surface area contributed by atoms with Gasteiger partial charge in [0.1, 0.15) is 6.61 Å². The number of rotatable bonds is 13. The van der Waals surface area contributed by atoms with Gasteiger partial charge >= 0.3 is 5.97 Å². The SMILES string of the molecule is C=C(C)C(=O)OCc1cc(-c2ccc(C3CCC(CCCCC)CC3)c(F)c2F)ccc1[Si](C)(C)CCCO. The molecule has 2 aromatic rings. The number of carbonyl (C=O) groups is 1. The quantitative estimate of drug-likeness (QED) is 0.117. The Bertz CT molecular complexity index is 1140. The molecule has 6 heteroatoms. The van der Waals surface area contributed by atoms with E-state index in [0.717, 1.165) is 42.5 Å². The van der Waals surface area contributed by atoms with Crippen LogP contribution in [0.3, 0.4) is 0 Å². The average Bonchev–Trinajstić information content (AvgIpc) is 2.92. The smallest absolute Gasteiger partial charge is 0.333 e. The van der Waals surface area contributed by atoms with Gasteiger partial charge in [0.05, 0.1) is 8.07 Å². The fourth-order valence-corrected chi connectivity index (χ4v) is 8.87. The first-order valence-corrected chi connectivity index (χ1v) is 17.8. The molecule has 0 saturated heterocycles. The first kappa shape index (κ1) is 31.2. The number of ether oxygens (including phenoxy) is 1. The third kappa shape index (κ3) is 8.10. The normalized spacial score (nSPS) is 17.7. The third-order valence-corrected chi connectivity index (χ3v) is 12.0. The van der Waals surface area contributed by atoms with Crippen LogP contribution in [0.1, 0.15) is 88.7 Å². The number of hydrogen-bond acceptors (Lipinski definition) is 3. The van der Waals surface area contributed by atoms with E-state index >= 15 is 8.78 Å². The summed E-state index contributed by atoms with van der Waals surface area (Å²) in [5.41, 5.74) is 2.38. The molecule has 39 heavy (non-hydrogen) atoms. The molecule has 3 nitrogen and oxygen atoms in total. The zero-order valence-corrected chi connectivity index (χ0v) is 25.3. The zero-order valence-electron chi connectivity index (χ0n) is 24.3. The van der Waals surface area contributed by atoms with E-state index in [0.29, 0.717) is 29.0 Å². The highest BCUT2D eigenvalue weighted by Gasteiger charge is 2.29. The number of halogens is 2. The van der Waals surface area contributed by atoms with Gasteiger partial charge in [-0.25, -0.2) is 13.6 Å². The maximum atomic E-state index is 15.5. The van der Waals surface area contributed by atoms with Crippen molar-refractivity contribution in [1.29, 1.82) is 0 Å². The highest BCUT2D eigenvalue weighted by molar-refractivity contribution is 6.90. The van der Waals surface area contributed by atoms with Crippen molar-refractivity contribution in [3.05, 3.63) is 65.2 Å². The van der Waals surface area contributed by atoms with E-state index in [1.54, 1.807) is 19.1 Å². The maximum absolute atomic E-state index is 15.5. The molecule has 1 fully saturated rings. The standard InChI is InChI=1S/C33H46F2O3Si/c1-6-7-8-10-24-11-13-25(14-12-24)28-16-17-29(32(35)31(28)34)26-15-18-30(39(4,5)20-9-19-36)27(21-26)22-38-33(37)23(2)3/h15-18,21,24-25,36H,2,6-14,19-20,22H2,1,3-5H3. The van der Waals surface area contributed by atoms with Crippen molar-refractivity contribution < 1.29 is 23.4 Å². The molecule has 0 aliphatic heterocycles. The molecule has 0 unspecified atom stereocenters. The lowest BCUT2D eigenvalue weighted by Crippen LogP contribution is -2.43. The van der Waals surface area contributed by atoms with E-state index in [-0.39, 0.29) is 24.7 Å². The summed E-state index contributed by atoms with van der Waals surface area (Å²) in [6.45, 7) is 12.0. The lowest BCUT2D eigenvalue weighted by Gasteiger charge is -2.29. The highest BCUT2D eigenvalue weighted by atomic mass is 28.3. The third-order valence-electron chi connectivity index (χ3n) is 8.43. The minimum absolute atomic E-state index is 0.0358. The van der Waals surface area contributed by atoms with Gasteiger partial charge in [-0.3, -0.25) is 0 Å². The summed E-state index contributed by atoms with van der Waals surface area (Å²) in [4.78, 5) is 12.1. The number of carbonyl (C=O) groups excluding carboxylic acids is 1. The molecule has 1 aliphatic carbocycles. The Morgan fingerprint density at radius 3 is 2.41 bits per heavy atom. The molecule has 0 amide bonds. The van der Waals surface area contributed by atoms with Gasteiger partial charge in [0.25, 0.3) is 0 Å². The molecule has 0 aromatic heterocycles. The van der Waals surface area contributed by atoms with Gasteiger partial charge in [0.2, 0.25) is 0 Å². The lowest BCUT2D eigenvalue weighted by molar-refractivity contribution is -0.140. The van der Waals surface area contributed by atoms with Gasteiger partial charge in [0, 0.05) is 17.7 Å². The number of aliphatic hydroxyl groups excluding tert-OH is 1. The van der Waals surface area contributed by atoms with Gasteiger partial charge < -0.3 is 9.84 Å². The molecule has 1 aliphatic rings. The van der Waals surface area contributed by atoms with Crippen LogP contribution in [-0.4, -0.2) is 25.8 Å². The Kier molecular flexibility index (Phi) is 11.5. The first-order chi connectivity index (χ1) is 18.6. The van der Waals surface area contributed by atoms with Gasteiger partial charge in [-0.1, -0.05) is 87.8 Å². The maximum Gasteiger partial charge on any atom is 0.333 e. The van der Waals surface area contributed by atoms with Crippen LogP contribution >= 0.6 is 0 Å².